The summed E-state index contributed by atoms with van der Waals surface area (Å²) in [5, 5.41) is 4.16. The molecule has 0 saturated carbocycles. The molecule has 3 rings (SSSR count). The molecule has 1 aromatic carbocycles. The van der Waals surface area contributed by atoms with Gasteiger partial charge in [0.15, 0.2) is 0 Å². The van der Waals surface area contributed by atoms with Crippen molar-refractivity contribution in [3.63, 3.8) is 0 Å². The molecule has 1 saturated heterocycles. The van der Waals surface area contributed by atoms with Crippen LogP contribution in [0.4, 0.5) is 4.39 Å². The van der Waals surface area contributed by atoms with E-state index in [1.54, 1.807) is 6.07 Å². The van der Waals surface area contributed by atoms with Gasteiger partial charge >= 0.3 is 5.97 Å². The molecule has 6 heteroatoms. The molecule has 0 aromatic heterocycles. The summed E-state index contributed by atoms with van der Waals surface area (Å²) in [7, 11) is 0. The summed E-state index contributed by atoms with van der Waals surface area (Å²) in [6.07, 6.45) is 3.67. The van der Waals surface area contributed by atoms with E-state index < -0.39 is 5.41 Å². The highest BCUT2D eigenvalue weighted by Crippen LogP contribution is 2.40. The van der Waals surface area contributed by atoms with E-state index in [0.717, 1.165) is 50.2 Å². The van der Waals surface area contributed by atoms with Gasteiger partial charge in [-0.3, -0.25) is 4.79 Å². The van der Waals surface area contributed by atoms with E-state index in [0.29, 0.717) is 19.4 Å². The molecule has 0 unspecified atom stereocenters. The number of rotatable bonds is 7. The standard InChI is InChI=1S/C21H29FN2O3/c1-3-10-24-11-8-21(9-12-24,20(25)26-4-2)15-18-14-19(23-27-18)16-6-5-7-17(22)13-16/h5-7,13,18H,3-4,8-12,14-15H2,1-2H3/t18-/m1/s1. The van der Waals surface area contributed by atoms with Crippen molar-refractivity contribution in [3.05, 3.63) is 35.6 Å². The summed E-state index contributed by atoms with van der Waals surface area (Å²) in [6.45, 7) is 7.26. The van der Waals surface area contributed by atoms with Crippen LogP contribution in [0.3, 0.4) is 0 Å². The number of ether oxygens (including phenoxy) is 1. The third-order valence-corrected chi connectivity index (χ3v) is 5.57. The first-order valence-electron chi connectivity index (χ1n) is 9.94. The number of piperidine rings is 1. The van der Waals surface area contributed by atoms with Crippen LogP contribution in [-0.2, 0) is 14.4 Å². The normalized spacial score (nSPS) is 22.2. The maximum absolute atomic E-state index is 13.5. The number of benzene rings is 1. The topological polar surface area (TPSA) is 51.1 Å². The van der Waals surface area contributed by atoms with E-state index >= 15 is 0 Å². The second-order valence-corrected chi connectivity index (χ2v) is 7.53. The summed E-state index contributed by atoms with van der Waals surface area (Å²) in [5.41, 5.74) is 0.958. The first kappa shape index (κ1) is 19.8. The lowest BCUT2D eigenvalue weighted by atomic mass is 9.73. The maximum atomic E-state index is 13.5. The van der Waals surface area contributed by atoms with Crippen LogP contribution in [0, 0.1) is 11.2 Å². The van der Waals surface area contributed by atoms with E-state index in [9.17, 15) is 9.18 Å². The van der Waals surface area contributed by atoms with Crippen molar-refractivity contribution >= 4 is 11.7 Å². The number of hydrogen-bond donors (Lipinski definition) is 0. The van der Waals surface area contributed by atoms with Crippen LogP contribution in [0.15, 0.2) is 29.4 Å². The van der Waals surface area contributed by atoms with Crippen LogP contribution in [0.2, 0.25) is 0 Å². The lowest BCUT2D eigenvalue weighted by Crippen LogP contribution is -2.47. The molecule has 1 fully saturated rings. The van der Waals surface area contributed by atoms with E-state index in [2.05, 4.69) is 17.0 Å². The van der Waals surface area contributed by atoms with E-state index in [1.165, 1.54) is 12.1 Å². The van der Waals surface area contributed by atoms with Crippen molar-refractivity contribution in [2.24, 2.45) is 10.6 Å². The minimum absolute atomic E-state index is 0.121. The zero-order valence-corrected chi connectivity index (χ0v) is 16.2. The Morgan fingerprint density at radius 3 is 2.81 bits per heavy atom. The second-order valence-electron chi connectivity index (χ2n) is 7.53. The Balaban J connectivity index is 1.66. The van der Waals surface area contributed by atoms with Gasteiger partial charge in [0.05, 0.1) is 17.7 Å². The first-order chi connectivity index (χ1) is 13.1. The van der Waals surface area contributed by atoms with Gasteiger partial charge in [-0.1, -0.05) is 24.2 Å². The van der Waals surface area contributed by atoms with Gasteiger partial charge < -0.3 is 14.5 Å². The quantitative estimate of drug-likeness (QED) is 0.680. The van der Waals surface area contributed by atoms with Crippen LogP contribution in [0.5, 0.6) is 0 Å². The van der Waals surface area contributed by atoms with Crippen LogP contribution in [-0.4, -0.2) is 48.9 Å². The average molecular weight is 376 g/mol. The highest BCUT2D eigenvalue weighted by atomic mass is 19.1. The van der Waals surface area contributed by atoms with Gasteiger partial charge in [-0.05, 0) is 58.0 Å². The lowest BCUT2D eigenvalue weighted by Gasteiger charge is -2.40. The molecule has 0 N–H and O–H groups in total. The molecular formula is C21H29FN2O3. The number of nitrogens with zero attached hydrogens (tertiary/aromatic N) is 2. The fourth-order valence-electron chi connectivity index (χ4n) is 4.11. The molecule has 0 spiro atoms. The van der Waals surface area contributed by atoms with Crippen molar-refractivity contribution in [2.75, 3.05) is 26.2 Å². The molecule has 0 radical (unpaired) electrons. The van der Waals surface area contributed by atoms with Gasteiger partial charge in [0.2, 0.25) is 0 Å². The Morgan fingerprint density at radius 2 is 2.15 bits per heavy atom. The molecule has 2 heterocycles. The lowest BCUT2D eigenvalue weighted by molar-refractivity contribution is -0.161. The number of halogens is 1. The highest BCUT2D eigenvalue weighted by Gasteiger charge is 2.45. The number of likely N-dealkylation sites (tertiary alicyclic amines) is 1. The zero-order chi connectivity index (χ0) is 19.3. The van der Waals surface area contributed by atoms with Gasteiger partial charge in [0, 0.05) is 18.4 Å². The summed E-state index contributed by atoms with van der Waals surface area (Å²) < 4.78 is 18.9. The predicted octanol–water partition coefficient (Wildman–Crippen LogP) is 3.76. The minimum Gasteiger partial charge on any atom is -0.466 e. The Bertz CT molecular complexity index is 684. The zero-order valence-electron chi connectivity index (χ0n) is 16.2. The van der Waals surface area contributed by atoms with Gasteiger partial charge in [-0.2, -0.15) is 0 Å². The van der Waals surface area contributed by atoms with Crippen LogP contribution in [0.25, 0.3) is 0 Å². The summed E-state index contributed by atoms with van der Waals surface area (Å²) in [4.78, 5) is 20.8. The van der Waals surface area contributed by atoms with Crippen molar-refractivity contribution in [2.45, 2.75) is 52.1 Å². The molecule has 27 heavy (non-hydrogen) atoms. The van der Waals surface area contributed by atoms with Crippen molar-refractivity contribution in [3.8, 4) is 0 Å². The first-order valence-corrected chi connectivity index (χ1v) is 9.94. The molecule has 148 valence electrons. The minimum atomic E-state index is -0.516. The van der Waals surface area contributed by atoms with Crippen molar-refractivity contribution in [1.29, 1.82) is 0 Å². The molecule has 1 aromatic rings. The summed E-state index contributed by atoms with van der Waals surface area (Å²) in [6, 6.07) is 6.38. The number of esters is 1. The third-order valence-electron chi connectivity index (χ3n) is 5.57. The molecule has 2 aliphatic heterocycles. The number of carbonyl (C=O) groups is 1. The Kier molecular flexibility index (Phi) is 6.47. The molecule has 5 nitrogen and oxygen atoms in total. The van der Waals surface area contributed by atoms with Crippen LogP contribution in [0.1, 0.15) is 51.5 Å². The molecule has 0 amide bonds. The number of oxime groups is 1. The van der Waals surface area contributed by atoms with Gasteiger partial charge in [-0.15, -0.1) is 0 Å². The summed E-state index contributed by atoms with van der Waals surface area (Å²) in [5.74, 6) is -0.408. The largest absolute Gasteiger partial charge is 0.466 e. The predicted molar refractivity (Wildman–Crippen MR) is 102 cm³/mol. The molecule has 1 atom stereocenters. The van der Waals surface area contributed by atoms with E-state index in [1.807, 2.05) is 13.0 Å². The van der Waals surface area contributed by atoms with E-state index in [-0.39, 0.29) is 17.9 Å². The molecular weight excluding hydrogens is 347 g/mol. The van der Waals surface area contributed by atoms with Gasteiger partial charge in [-0.25, -0.2) is 4.39 Å². The van der Waals surface area contributed by atoms with E-state index in [4.69, 9.17) is 9.57 Å². The average Bonchev–Trinajstić information content (AvgIpc) is 3.12. The fraction of sp³-hybridized carbons (Fsp3) is 0.619. The smallest absolute Gasteiger partial charge is 0.312 e. The maximum Gasteiger partial charge on any atom is 0.312 e. The highest BCUT2D eigenvalue weighted by molar-refractivity contribution is 6.01. The SMILES string of the molecule is CCCN1CCC(C[C@H]2CC(c3cccc(F)c3)=NO2)(C(=O)OCC)CC1. The molecule has 2 aliphatic rings. The second kappa shape index (κ2) is 8.83. The Morgan fingerprint density at radius 1 is 1.37 bits per heavy atom. The fourth-order valence-corrected chi connectivity index (χ4v) is 4.11. The van der Waals surface area contributed by atoms with Crippen molar-refractivity contribution in [1.82, 2.24) is 4.90 Å². The molecule has 0 aliphatic carbocycles. The Hall–Kier alpha value is -1.95. The van der Waals surface area contributed by atoms with Gasteiger partial charge in [0.25, 0.3) is 0 Å². The number of hydrogen-bond acceptors (Lipinski definition) is 5. The van der Waals surface area contributed by atoms with Gasteiger partial charge in [0.1, 0.15) is 11.9 Å². The third kappa shape index (κ3) is 4.67. The number of carbonyl (C=O) groups excluding carboxylic acids is 1. The van der Waals surface area contributed by atoms with Crippen LogP contribution >= 0.6 is 0 Å². The monoisotopic (exact) mass is 376 g/mol. The Labute approximate surface area is 160 Å². The summed E-state index contributed by atoms with van der Waals surface area (Å²) >= 11 is 0. The van der Waals surface area contributed by atoms with Crippen LogP contribution < -0.4 is 0 Å². The molecule has 0 bridgehead atoms. The van der Waals surface area contributed by atoms with Crippen molar-refractivity contribution < 1.29 is 18.8 Å².